The first-order valence-electron chi connectivity index (χ1n) is 13.7. The first-order valence-corrected chi connectivity index (χ1v) is 17.1. The van der Waals surface area contributed by atoms with Crippen LogP contribution >= 0.6 is 0 Å². The number of rotatable bonds is 7. The predicted octanol–water partition coefficient (Wildman–Crippen LogP) is 8.31. The molecule has 6 rings (SSSR count). The van der Waals surface area contributed by atoms with E-state index in [-0.39, 0.29) is 9.79 Å². The van der Waals surface area contributed by atoms with Gasteiger partial charge in [-0.3, -0.25) is 4.55 Å². The summed E-state index contributed by atoms with van der Waals surface area (Å²) in [6.07, 6.45) is 1.15. The Kier molecular flexibility index (Phi) is 7.82. The maximum atomic E-state index is 12.0. The van der Waals surface area contributed by atoms with Crippen LogP contribution in [0.2, 0.25) is 0 Å². The molecule has 0 aliphatic rings. The van der Waals surface area contributed by atoms with Crippen molar-refractivity contribution in [1.82, 2.24) is 0 Å². The van der Waals surface area contributed by atoms with Crippen LogP contribution in [0.25, 0.3) is 32.7 Å². The molecule has 0 saturated heterocycles. The summed E-state index contributed by atoms with van der Waals surface area (Å²) in [6.45, 7) is 0. The SMILES string of the molecule is CS(=O)(=O)c1ccc2c(N=Nc3ccc(-c4ccc(N=Nc5ccc(N)c6cc(S(=O)(=O)O)ccc56)cc4)cc3)ccc(N)c2c1. The summed E-state index contributed by atoms with van der Waals surface area (Å²) in [4.78, 5) is -0.0726. The number of sulfone groups is 1. The summed E-state index contributed by atoms with van der Waals surface area (Å²) in [5.74, 6) is 0. The largest absolute Gasteiger partial charge is 0.398 e. The maximum absolute atomic E-state index is 12.0. The third-order valence-electron chi connectivity index (χ3n) is 7.34. The highest BCUT2D eigenvalue weighted by molar-refractivity contribution is 7.90. The van der Waals surface area contributed by atoms with E-state index in [1.807, 2.05) is 48.5 Å². The van der Waals surface area contributed by atoms with Crippen molar-refractivity contribution in [3.63, 3.8) is 0 Å². The maximum Gasteiger partial charge on any atom is 0.294 e. The van der Waals surface area contributed by atoms with Gasteiger partial charge in [0.15, 0.2) is 9.84 Å². The molecular weight excluding hydrogens is 625 g/mol. The van der Waals surface area contributed by atoms with Crippen LogP contribution in [-0.2, 0) is 20.0 Å². The van der Waals surface area contributed by atoms with Crippen molar-refractivity contribution in [3.05, 3.63) is 109 Å². The van der Waals surface area contributed by atoms with Crippen LogP contribution in [-0.4, -0.2) is 27.6 Å². The minimum Gasteiger partial charge on any atom is -0.398 e. The van der Waals surface area contributed by atoms with Crippen molar-refractivity contribution in [1.29, 1.82) is 0 Å². The average Bonchev–Trinajstić information content (AvgIpc) is 3.04. The van der Waals surface area contributed by atoms with Crippen LogP contribution in [0.1, 0.15) is 0 Å². The fourth-order valence-electron chi connectivity index (χ4n) is 4.90. The third-order valence-corrected chi connectivity index (χ3v) is 9.30. The normalized spacial score (nSPS) is 12.5. The van der Waals surface area contributed by atoms with E-state index < -0.39 is 20.0 Å². The molecule has 0 amide bonds. The Morgan fingerprint density at radius 1 is 0.500 bits per heavy atom. The molecule has 0 bridgehead atoms. The highest BCUT2D eigenvalue weighted by Gasteiger charge is 2.13. The molecule has 0 saturated carbocycles. The first kappa shape index (κ1) is 30.5. The molecule has 0 heterocycles. The lowest BCUT2D eigenvalue weighted by Crippen LogP contribution is -1.98. The molecule has 6 aromatic carbocycles. The van der Waals surface area contributed by atoms with E-state index in [2.05, 4.69) is 20.5 Å². The number of hydrogen-bond donors (Lipinski definition) is 3. The second kappa shape index (κ2) is 11.8. The molecule has 0 fully saturated rings. The number of azo groups is 2. The summed E-state index contributed by atoms with van der Waals surface area (Å²) in [6, 6.07) is 30.6. The number of anilines is 2. The fraction of sp³-hybridized carbons (Fsp3) is 0.0303. The van der Waals surface area contributed by atoms with Crippen LogP contribution in [0.15, 0.2) is 139 Å². The summed E-state index contributed by atoms with van der Waals surface area (Å²) in [5, 5.41) is 19.7. The van der Waals surface area contributed by atoms with E-state index >= 15 is 0 Å². The molecule has 13 heteroatoms. The minimum absolute atomic E-state index is 0.182. The van der Waals surface area contributed by atoms with Gasteiger partial charge >= 0.3 is 0 Å². The summed E-state index contributed by atoms with van der Waals surface area (Å²) >= 11 is 0. The van der Waals surface area contributed by atoms with Crippen LogP contribution < -0.4 is 11.5 Å². The van der Waals surface area contributed by atoms with Crippen LogP contribution in [0.5, 0.6) is 0 Å². The number of fused-ring (bicyclic) bond motifs is 2. The molecule has 0 aliphatic heterocycles. The summed E-state index contributed by atoms with van der Waals surface area (Å²) in [7, 11) is -7.76. The lowest BCUT2D eigenvalue weighted by molar-refractivity contribution is 0.483. The van der Waals surface area contributed by atoms with Crippen molar-refractivity contribution in [2.75, 3.05) is 17.7 Å². The molecule has 0 radical (unpaired) electrons. The Hall–Kier alpha value is -5.50. The molecular formula is C33H26N6O5S2. The molecule has 0 atom stereocenters. The van der Waals surface area contributed by atoms with Crippen molar-refractivity contribution in [3.8, 4) is 11.1 Å². The fourth-order valence-corrected chi connectivity index (χ4v) is 6.05. The molecule has 230 valence electrons. The monoisotopic (exact) mass is 650 g/mol. The number of nitrogens with two attached hydrogens (primary N) is 2. The molecule has 0 aromatic heterocycles. The van der Waals surface area contributed by atoms with E-state index in [0.717, 1.165) is 17.4 Å². The van der Waals surface area contributed by atoms with E-state index in [1.54, 1.807) is 36.4 Å². The number of nitrogen functional groups attached to an aromatic ring is 2. The second-order valence-corrected chi connectivity index (χ2v) is 13.9. The van der Waals surface area contributed by atoms with E-state index in [4.69, 9.17) is 11.5 Å². The van der Waals surface area contributed by atoms with Crippen molar-refractivity contribution in [2.24, 2.45) is 20.5 Å². The van der Waals surface area contributed by atoms with Gasteiger partial charge < -0.3 is 11.5 Å². The van der Waals surface area contributed by atoms with E-state index in [0.29, 0.717) is 55.7 Å². The van der Waals surface area contributed by atoms with E-state index in [1.165, 1.54) is 24.3 Å². The highest BCUT2D eigenvalue weighted by atomic mass is 32.2. The zero-order valence-electron chi connectivity index (χ0n) is 24.2. The van der Waals surface area contributed by atoms with Gasteiger partial charge in [0.2, 0.25) is 0 Å². The molecule has 5 N–H and O–H groups in total. The molecule has 6 aromatic rings. The van der Waals surface area contributed by atoms with Crippen LogP contribution in [0.3, 0.4) is 0 Å². The van der Waals surface area contributed by atoms with E-state index in [9.17, 15) is 21.4 Å². The molecule has 46 heavy (non-hydrogen) atoms. The van der Waals surface area contributed by atoms with Gasteiger partial charge in [-0.2, -0.15) is 18.6 Å². The Morgan fingerprint density at radius 2 is 0.913 bits per heavy atom. The number of nitrogens with zero attached hydrogens (tertiary/aromatic N) is 4. The lowest BCUT2D eigenvalue weighted by Gasteiger charge is -2.07. The molecule has 11 nitrogen and oxygen atoms in total. The van der Waals surface area contributed by atoms with Crippen LogP contribution in [0.4, 0.5) is 34.1 Å². The van der Waals surface area contributed by atoms with Gasteiger partial charge in [-0.1, -0.05) is 36.4 Å². The Bertz CT molecular complexity index is 2250. The number of benzene rings is 6. The van der Waals surface area contributed by atoms with Gasteiger partial charge in [0, 0.05) is 39.2 Å². The predicted molar refractivity (Wildman–Crippen MR) is 180 cm³/mol. The van der Waals surface area contributed by atoms with Gasteiger partial charge in [-0.15, -0.1) is 10.2 Å². The third kappa shape index (κ3) is 6.33. The van der Waals surface area contributed by atoms with Crippen molar-refractivity contribution >= 4 is 75.6 Å². The summed E-state index contributed by atoms with van der Waals surface area (Å²) < 4.78 is 56.4. The molecule has 0 spiro atoms. The standard InChI is InChI=1S/C33H26N6O5S2/c1-45(40,41)24-10-12-26-28(18-24)30(34)14-16-32(26)38-36-22-6-2-20(3-7-22)21-4-8-23(9-5-21)37-39-33-17-15-31(35)29-19-25(46(42,43)44)11-13-27(29)33/h2-19H,34-35H2,1H3,(H,42,43,44). The minimum atomic E-state index is -4.38. The zero-order chi connectivity index (χ0) is 32.6. The molecule has 0 unspecified atom stereocenters. The highest BCUT2D eigenvalue weighted by Crippen LogP contribution is 2.35. The molecule has 0 aliphatic carbocycles. The first-order chi connectivity index (χ1) is 21.9. The summed E-state index contributed by atoms with van der Waals surface area (Å²) in [5.41, 5.74) is 17.1. The van der Waals surface area contributed by atoms with Crippen molar-refractivity contribution in [2.45, 2.75) is 9.79 Å². The van der Waals surface area contributed by atoms with Gasteiger partial charge in [-0.25, -0.2) is 8.42 Å². The average molecular weight is 651 g/mol. The zero-order valence-corrected chi connectivity index (χ0v) is 25.9. The van der Waals surface area contributed by atoms with Gasteiger partial charge in [0.25, 0.3) is 10.1 Å². The van der Waals surface area contributed by atoms with Gasteiger partial charge in [0.1, 0.15) is 0 Å². The topological polar surface area (TPSA) is 190 Å². The van der Waals surface area contributed by atoms with Gasteiger partial charge in [0.05, 0.1) is 32.5 Å². The van der Waals surface area contributed by atoms with Crippen molar-refractivity contribution < 1.29 is 21.4 Å². The Balaban J connectivity index is 1.19. The lowest BCUT2D eigenvalue weighted by atomic mass is 10.1. The quantitative estimate of drug-likeness (QED) is 0.0879. The number of hydrogen-bond acceptors (Lipinski definition) is 10. The Morgan fingerprint density at radius 3 is 1.33 bits per heavy atom. The van der Waals surface area contributed by atoms with Gasteiger partial charge in [-0.05, 0) is 83.9 Å². The second-order valence-electron chi connectivity index (χ2n) is 10.5. The van der Waals surface area contributed by atoms with Crippen LogP contribution in [0, 0.1) is 0 Å². The smallest absolute Gasteiger partial charge is 0.294 e. The Labute approximate surface area is 264 Å².